The molecule has 1 spiro atoms. The van der Waals surface area contributed by atoms with E-state index in [0.29, 0.717) is 5.41 Å². The van der Waals surface area contributed by atoms with E-state index in [2.05, 4.69) is 62.6 Å². The van der Waals surface area contributed by atoms with Crippen molar-refractivity contribution in [1.29, 1.82) is 0 Å². The Morgan fingerprint density at radius 1 is 1.26 bits per heavy atom. The van der Waals surface area contributed by atoms with Crippen LogP contribution in [0.1, 0.15) is 43.2 Å². The predicted molar refractivity (Wildman–Crippen MR) is 81.2 cm³/mol. The molecule has 1 atom stereocenters. The van der Waals surface area contributed by atoms with Gasteiger partial charge < -0.3 is 0 Å². The summed E-state index contributed by atoms with van der Waals surface area (Å²) < 4.78 is 0. The van der Waals surface area contributed by atoms with E-state index in [1.807, 2.05) is 0 Å². The van der Waals surface area contributed by atoms with Crippen molar-refractivity contribution in [2.45, 2.75) is 39.0 Å². The minimum atomic E-state index is 0.649. The van der Waals surface area contributed by atoms with Gasteiger partial charge in [-0.1, -0.05) is 48.6 Å². The first-order valence-corrected chi connectivity index (χ1v) is 7.24. The molecule has 0 N–H and O–H groups in total. The highest BCUT2D eigenvalue weighted by Gasteiger charge is 2.60. The molecule has 0 heteroatoms. The Bertz CT molecular complexity index is 546. The number of hydrogen-bond acceptors (Lipinski definition) is 0. The van der Waals surface area contributed by atoms with Crippen molar-refractivity contribution < 1.29 is 0 Å². The van der Waals surface area contributed by atoms with Crippen LogP contribution in [0, 0.1) is 18.3 Å². The summed E-state index contributed by atoms with van der Waals surface area (Å²) in [7, 11) is 0. The van der Waals surface area contributed by atoms with Crippen LogP contribution in [0.5, 0.6) is 0 Å². The second kappa shape index (κ2) is 4.54. The van der Waals surface area contributed by atoms with E-state index in [0.717, 1.165) is 17.4 Å². The van der Waals surface area contributed by atoms with Crippen LogP contribution in [0.2, 0.25) is 0 Å². The van der Waals surface area contributed by atoms with E-state index in [4.69, 9.17) is 0 Å². The lowest BCUT2D eigenvalue weighted by atomic mass is 9.69. The first-order chi connectivity index (χ1) is 9.13. The quantitative estimate of drug-likeness (QED) is 0.513. The van der Waals surface area contributed by atoms with E-state index in [-0.39, 0.29) is 0 Å². The maximum atomic E-state index is 3.67. The Hall–Kier alpha value is -1.52. The molecule has 1 unspecified atom stereocenters. The minimum absolute atomic E-state index is 0.649. The zero-order valence-corrected chi connectivity index (χ0v) is 11.9. The van der Waals surface area contributed by atoms with Crippen molar-refractivity contribution in [1.82, 2.24) is 0 Å². The molecule has 2 aliphatic carbocycles. The van der Waals surface area contributed by atoms with Gasteiger partial charge in [0.1, 0.15) is 0 Å². The largest absolute Gasteiger partial charge is 0.126 e. The van der Waals surface area contributed by atoms with Crippen LogP contribution in [0.15, 0.2) is 54.3 Å². The van der Waals surface area contributed by atoms with Crippen molar-refractivity contribution in [3.8, 4) is 0 Å². The number of rotatable bonds is 3. The van der Waals surface area contributed by atoms with Crippen molar-refractivity contribution >= 4 is 0 Å². The molecule has 3 rings (SSSR count). The number of hydrogen-bond donors (Lipinski definition) is 0. The molecule has 0 bridgehead atoms. The highest BCUT2D eigenvalue weighted by Crippen LogP contribution is 2.72. The van der Waals surface area contributed by atoms with E-state index in [9.17, 15) is 0 Å². The summed E-state index contributed by atoms with van der Waals surface area (Å²) in [5.74, 6) is 1.60. The molecule has 0 saturated heterocycles. The smallest absolute Gasteiger partial charge is 0.00992 e. The van der Waals surface area contributed by atoms with Crippen LogP contribution < -0.4 is 0 Å². The predicted octanol–water partition coefficient (Wildman–Crippen LogP) is 5.17. The zero-order chi connectivity index (χ0) is 13.5. The molecule has 0 aromatic heterocycles. The Kier molecular flexibility index (Phi) is 2.99. The Balaban J connectivity index is 1.58. The van der Waals surface area contributed by atoms with Crippen LogP contribution in [0.25, 0.3) is 0 Å². The van der Waals surface area contributed by atoms with Gasteiger partial charge in [-0.3, -0.25) is 0 Å². The van der Waals surface area contributed by atoms with Crippen LogP contribution in [-0.4, -0.2) is 0 Å². The van der Waals surface area contributed by atoms with Gasteiger partial charge in [-0.05, 0) is 61.5 Å². The highest BCUT2D eigenvalue weighted by molar-refractivity contribution is 5.35. The van der Waals surface area contributed by atoms with Crippen LogP contribution in [0.3, 0.4) is 0 Å². The maximum Gasteiger partial charge on any atom is -0.00992 e. The lowest BCUT2D eigenvalue weighted by molar-refractivity contribution is 0.204. The maximum absolute atomic E-state index is 3.67. The third kappa shape index (κ3) is 2.33. The molecule has 0 amide bonds. The molecule has 0 heterocycles. The van der Waals surface area contributed by atoms with Gasteiger partial charge in [0.2, 0.25) is 0 Å². The fraction of sp³-hybridized carbons (Fsp3) is 0.421. The molecular formula is C19H22. The van der Waals surface area contributed by atoms with E-state index >= 15 is 0 Å². The standard InChI is InChI=1S/C19H22/c1-4-14(2)5-8-16-11-19(12-16)13-18(19)17-9-6-15(3)7-10-17/h5-10,16,18H,1,11-13H2,2-3H3/b8-5-. The Morgan fingerprint density at radius 3 is 2.58 bits per heavy atom. The second-order valence-corrected chi connectivity index (χ2v) is 6.42. The fourth-order valence-electron chi connectivity index (χ4n) is 3.53. The lowest BCUT2D eigenvalue weighted by Gasteiger charge is -2.35. The highest BCUT2D eigenvalue weighted by atomic mass is 14.6. The summed E-state index contributed by atoms with van der Waals surface area (Å²) in [6.45, 7) is 7.89. The molecule has 0 radical (unpaired) electrons. The average molecular weight is 250 g/mol. The summed E-state index contributed by atoms with van der Waals surface area (Å²) in [5.41, 5.74) is 7.63. The third-order valence-electron chi connectivity index (χ3n) is 4.90. The molecule has 1 aromatic rings. The normalized spacial score (nSPS) is 32.1. The molecule has 1 aromatic carbocycles. The van der Waals surface area contributed by atoms with Gasteiger partial charge in [-0.2, -0.15) is 0 Å². The third-order valence-corrected chi connectivity index (χ3v) is 4.90. The molecule has 2 aliphatic rings. The van der Waals surface area contributed by atoms with Gasteiger partial charge in [-0.15, -0.1) is 5.73 Å². The first-order valence-electron chi connectivity index (χ1n) is 7.24. The number of allylic oxidation sites excluding steroid dienone is 3. The molecule has 98 valence electrons. The molecule has 0 aliphatic heterocycles. The fourth-order valence-corrected chi connectivity index (χ4v) is 3.53. The first kappa shape index (κ1) is 12.5. The van der Waals surface area contributed by atoms with E-state index in [1.165, 1.54) is 24.8 Å². The van der Waals surface area contributed by atoms with Crippen LogP contribution in [-0.2, 0) is 0 Å². The summed E-state index contributed by atoms with van der Waals surface area (Å²) in [6.07, 6.45) is 8.66. The van der Waals surface area contributed by atoms with Gasteiger partial charge in [0.15, 0.2) is 0 Å². The summed E-state index contributed by atoms with van der Waals surface area (Å²) >= 11 is 0. The molecule has 2 fully saturated rings. The van der Waals surface area contributed by atoms with Gasteiger partial charge in [0.05, 0.1) is 0 Å². The molecule has 19 heavy (non-hydrogen) atoms. The summed E-state index contributed by atoms with van der Waals surface area (Å²) in [6, 6.07) is 9.14. The van der Waals surface area contributed by atoms with E-state index < -0.39 is 0 Å². The number of aryl methyl sites for hydroxylation is 1. The molecule has 2 saturated carbocycles. The van der Waals surface area contributed by atoms with Crippen molar-refractivity contribution in [3.63, 3.8) is 0 Å². The monoisotopic (exact) mass is 250 g/mol. The second-order valence-electron chi connectivity index (χ2n) is 6.42. The molecule has 0 nitrogen and oxygen atoms in total. The van der Waals surface area contributed by atoms with Crippen molar-refractivity contribution in [2.75, 3.05) is 0 Å². The lowest BCUT2D eigenvalue weighted by Crippen LogP contribution is -2.25. The zero-order valence-electron chi connectivity index (χ0n) is 11.9. The van der Waals surface area contributed by atoms with E-state index in [1.54, 1.807) is 5.56 Å². The van der Waals surface area contributed by atoms with Crippen LogP contribution in [0.4, 0.5) is 0 Å². The Morgan fingerprint density at radius 2 is 1.95 bits per heavy atom. The SMILES string of the molecule is C=C=C(C)/C=C\C1CC2(C1)CC2c1ccc(C)cc1. The van der Waals surface area contributed by atoms with Crippen molar-refractivity contribution in [3.05, 3.63) is 65.4 Å². The summed E-state index contributed by atoms with van der Waals surface area (Å²) in [5, 5.41) is 0. The van der Waals surface area contributed by atoms with Gasteiger partial charge >= 0.3 is 0 Å². The van der Waals surface area contributed by atoms with Crippen LogP contribution >= 0.6 is 0 Å². The summed E-state index contributed by atoms with van der Waals surface area (Å²) in [4.78, 5) is 0. The molecular weight excluding hydrogens is 228 g/mol. The topological polar surface area (TPSA) is 0 Å². The average Bonchev–Trinajstić information content (AvgIpc) is 3.11. The minimum Gasteiger partial charge on any atom is -0.126 e. The van der Waals surface area contributed by atoms with Gasteiger partial charge in [0.25, 0.3) is 0 Å². The van der Waals surface area contributed by atoms with Gasteiger partial charge in [0, 0.05) is 0 Å². The van der Waals surface area contributed by atoms with Gasteiger partial charge in [-0.25, -0.2) is 0 Å². The Labute approximate surface area is 116 Å². The van der Waals surface area contributed by atoms with Crippen molar-refractivity contribution in [2.24, 2.45) is 11.3 Å². The number of benzene rings is 1.